The molecule has 0 unspecified atom stereocenters. The van der Waals surface area contributed by atoms with Gasteiger partial charge in [0.15, 0.2) is 0 Å². The Morgan fingerprint density at radius 1 is 0.722 bits per heavy atom. The second-order valence-corrected chi connectivity index (χ2v) is 3.34. The second kappa shape index (κ2) is 11.9. The van der Waals surface area contributed by atoms with Gasteiger partial charge in [0.1, 0.15) is 0 Å². The van der Waals surface area contributed by atoms with E-state index in [-0.39, 0.29) is 0 Å². The molecule has 0 saturated heterocycles. The number of hydrogen-bond acceptors (Lipinski definition) is 6. The highest BCUT2D eigenvalue weighted by Crippen LogP contribution is 1.70. The van der Waals surface area contributed by atoms with Crippen molar-refractivity contribution >= 4 is 12.2 Å². The minimum Gasteiger partial charge on any atom is -0.453 e. The summed E-state index contributed by atoms with van der Waals surface area (Å²) in [7, 11) is 2.66. The molecule has 0 heterocycles. The molecule has 0 aliphatic heterocycles. The van der Waals surface area contributed by atoms with Gasteiger partial charge in [-0.1, -0.05) is 0 Å². The number of hydrogen-bond donors (Lipinski definition) is 4. The van der Waals surface area contributed by atoms with Crippen LogP contribution in [0, 0.1) is 0 Å². The van der Waals surface area contributed by atoms with Crippen LogP contribution in [0.3, 0.4) is 0 Å². The number of ether oxygens (including phenoxy) is 2. The first kappa shape index (κ1) is 16.5. The third-order valence-electron chi connectivity index (χ3n) is 1.99. The van der Waals surface area contributed by atoms with E-state index in [1.807, 2.05) is 0 Å². The number of carbonyl (C=O) groups excluding carboxylic acids is 2. The largest absolute Gasteiger partial charge is 0.453 e. The van der Waals surface area contributed by atoms with Crippen LogP contribution in [0.15, 0.2) is 0 Å². The average Bonchev–Trinajstić information content (AvgIpc) is 2.40. The maximum absolute atomic E-state index is 10.7. The van der Waals surface area contributed by atoms with Gasteiger partial charge in [0.05, 0.1) is 14.2 Å². The molecule has 0 saturated carbocycles. The van der Waals surface area contributed by atoms with Crippen LogP contribution in [-0.4, -0.2) is 65.7 Å². The molecule has 0 bridgehead atoms. The quantitative estimate of drug-likeness (QED) is 0.393. The summed E-state index contributed by atoms with van der Waals surface area (Å²) in [5.41, 5.74) is 0. The van der Waals surface area contributed by atoms with Gasteiger partial charge >= 0.3 is 12.2 Å². The Kier molecular flexibility index (Phi) is 10.9. The number of alkyl carbamates (subject to hydrolysis) is 2. The fourth-order valence-electron chi connectivity index (χ4n) is 1.08. The molecule has 0 spiro atoms. The van der Waals surface area contributed by atoms with Gasteiger partial charge in [0.2, 0.25) is 0 Å². The van der Waals surface area contributed by atoms with Crippen LogP contribution in [-0.2, 0) is 9.47 Å². The van der Waals surface area contributed by atoms with Gasteiger partial charge in [-0.25, -0.2) is 9.59 Å². The lowest BCUT2D eigenvalue weighted by molar-refractivity contribution is 0.170. The number of methoxy groups -OCH3 is 2. The van der Waals surface area contributed by atoms with Gasteiger partial charge in [-0.3, -0.25) is 0 Å². The second-order valence-electron chi connectivity index (χ2n) is 3.34. The smallest absolute Gasteiger partial charge is 0.406 e. The normalized spacial score (nSPS) is 9.67. The third-order valence-corrected chi connectivity index (χ3v) is 1.99. The van der Waals surface area contributed by atoms with E-state index in [4.69, 9.17) is 0 Å². The summed E-state index contributed by atoms with van der Waals surface area (Å²) in [6.07, 6.45) is -0.854. The number of rotatable bonds is 9. The van der Waals surface area contributed by atoms with Crippen molar-refractivity contribution in [1.82, 2.24) is 21.3 Å². The van der Waals surface area contributed by atoms with Crippen molar-refractivity contribution in [2.24, 2.45) is 0 Å². The summed E-state index contributed by atoms with van der Waals surface area (Å²) in [5, 5.41) is 11.4. The summed E-state index contributed by atoms with van der Waals surface area (Å²) >= 11 is 0. The molecule has 0 aromatic rings. The molecule has 0 fully saturated rings. The molecule has 8 nitrogen and oxygen atoms in total. The van der Waals surface area contributed by atoms with E-state index in [9.17, 15) is 9.59 Å². The summed E-state index contributed by atoms with van der Waals surface area (Å²) < 4.78 is 8.83. The summed E-state index contributed by atoms with van der Waals surface area (Å²) in [6, 6.07) is 0. The van der Waals surface area contributed by atoms with Crippen molar-refractivity contribution in [3.05, 3.63) is 0 Å². The molecular formula is C10H22N4O4. The van der Waals surface area contributed by atoms with Crippen LogP contribution >= 0.6 is 0 Å². The summed E-state index contributed by atoms with van der Waals surface area (Å²) in [4.78, 5) is 21.4. The highest BCUT2D eigenvalue weighted by atomic mass is 16.5. The summed E-state index contributed by atoms with van der Waals surface area (Å²) in [5.74, 6) is 0. The molecule has 2 amide bonds. The van der Waals surface area contributed by atoms with Crippen molar-refractivity contribution in [2.45, 2.75) is 0 Å². The monoisotopic (exact) mass is 262 g/mol. The van der Waals surface area contributed by atoms with E-state index >= 15 is 0 Å². The zero-order valence-corrected chi connectivity index (χ0v) is 10.9. The van der Waals surface area contributed by atoms with E-state index in [1.165, 1.54) is 14.2 Å². The fraction of sp³-hybridized carbons (Fsp3) is 0.800. The highest BCUT2D eigenvalue weighted by Gasteiger charge is 1.96. The maximum Gasteiger partial charge on any atom is 0.406 e. The van der Waals surface area contributed by atoms with Crippen LogP contribution in [0.25, 0.3) is 0 Å². The zero-order valence-electron chi connectivity index (χ0n) is 10.9. The van der Waals surface area contributed by atoms with Gasteiger partial charge in [-0.2, -0.15) is 0 Å². The van der Waals surface area contributed by atoms with Crippen LogP contribution in [0.4, 0.5) is 9.59 Å². The molecule has 0 rings (SSSR count). The molecule has 8 heteroatoms. The zero-order chi connectivity index (χ0) is 13.6. The molecule has 0 aromatic carbocycles. The minimum absolute atomic E-state index is 0.427. The minimum atomic E-state index is -0.427. The molecule has 0 aliphatic carbocycles. The van der Waals surface area contributed by atoms with Gasteiger partial charge in [0.25, 0.3) is 0 Å². The van der Waals surface area contributed by atoms with E-state index in [0.29, 0.717) is 26.2 Å². The lowest BCUT2D eigenvalue weighted by atomic mass is 10.5. The Labute approximate surface area is 107 Å². The lowest BCUT2D eigenvalue weighted by Gasteiger charge is -2.07. The van der Waals surface area contributed by atoms with E-state index < -0.39 is 12.2 Å². The Morgan fingerprint density at radius 2 is 1.06 bits per heavy atom. The van der Waals surface area contributed by atoms with Gasteiger partial charge < -0.3 is 30.7 Å². The van der Waals surface area contributed by atoms with Crippen molar-refractivity contribution in [1.29, 1.82) is 0 Å². The molecule has 0 radical (unpaired) electrons. The fourth-order valence-corrected chi connectivity index (χ4v) is 1.08. The Bertz CT molecular complexity index is 214. The number of amides is 2. The Hall–Kier alpha value is -1.54. The predicted octanol–water partition coefficient (Wildman–Crippen LogP) is -1.12. The van der Waals surface area contributed by atoms with Gasteiger partial charge in [-0.05, 0) is 0 Å². The molecule has 0 aliphatic rings. The molecule has 18 heavy (non-hydrogen) atoms. The first-order chi connectivity index (χ1) is 8.70. The SMILES string of the molecule is COC(=O)NCCNCCNCCNC(=O)OC. The van der Waals surface area contributed by atoms with Gasteiger partial charge in [0, 0.05) is 39.3 Å². The number of nitrogens with one attached hydrogen (secondary N) is 4. The van der Waals surface area contributed by atoms with Crippen molar-refractivity contribution < 1.29 is 19.1 Å². The van der Waals surface area contributed by atoms with Crippen LogP contribution in [0.1, 0.15) is 0 Å². The van der Waals surface area contributed by atoms with Crippen LogP contribution < -0.4 is 21.3 Å². The molecule has 106 valence electrons. The maximum atomic E-state index is 10.7. The first-order valence-electron chi connectivity index (χ1n) is 5.75. The van der Waals surface area contributed by atoms with Crippen molar-refractivity contribution in [3.8, 4) is 0 Å². The topological polar surface area (TPSA) is 101 Å². The van der Waals surface area contributed by atoms with Crippen molar-refractivity contribution in [3.63, 3.8) is 0 Å². The first-order valence-corrected chi connectivity index (χ1v) is 5.75. The van der Waals surface area contributed by atoms with Crippen LogP contribution in [0.5, 0.6) is 0 Å². The lowest BCUT2D eigenvalue weighted by Crippen LogP contribution is -2.37. The van der Waals surface area contributed by atoms with E-state index in [0.717, 1.165) is 13.1 Å². The van der Waals surface area contributed by atoms with Crippen molar-refractivity contribution in [2.75, 3.05) is 53.5 Å². The van der Waals surface area contributed by atoms with Crippen LogP contribution in [0.2, 0.25) is 0 Å². The molecule has 0 atom stereocenters. The Balaban J connectivity index is 3.07. The number of carbonyl (C=O) groups is 2. The third kappa shape index (κ3) is 11.0. The van der Waals surface area contributed by atoms with E-state index in [2.05, 4.69) is 30.7 Å². The Morgan fingerprint density at radius 3 is 1.39 bits per heavy atom. The van der Waals surface area contributed by atoms with E-state index in [1.54, 1.807) is 0 Å². The standard InChI is InChI=1S/C10H22N4O4/c1-17-9(15)13-7-5-11-3-4-12-6-8-14-10(16)18-2/h11-12H,3-8H2,1-2H3,(H,13,15)(H,14,16). The molecule has 0 aromatic heterocycles. The molecular weight excluding hydrogens is 240 g/mol. The predicted molar refractivity (Wildman–Crippen MR) is 66.6 cm³/mol. The average molecular weight is 262 g/mol. The summed E-state index contributed by atoms with van der Waals surface area (Å²) in [6.45, 7) is 3.96. The highest BCUT2D eigenvalue weighted by molar-refractivity contribution is 5.67. The van der Waals surface area contributed by atoms with Gasteiger partial charge in [-0.15, -0.1) is 0 Å². The molecule has 4 N–H and O–H groups in total.